The van der Waals surface area contributed by atoms with Crippen LogP contribution in [0.5, 0.6) is 0 Å². The lowest BCUT2D eigenvalue weighted by molar-refractivity contribution is 0.304. The molecular formula is C10H16N2O. The van der Waals surface area contributed by atoms with Crippen molar-refractivity contribution in [2.45, 2.75) is 45.4 Å². The third-order valence-corrected chi connectivity index (χ3v) is 2.91. The molecule has 0 radical (unpaired) electrons. The SMILES string of the molecule is Cc1nnc(C2CCC(C)CC2)o1. The minimum atomic E-state index is 0.525. The summed E-state index contributed by atoms with van der Waals surface area (Å²) in [5.74, 6) is 2.94. The Morgan fingerprint density at radius 2 is 1.85 bits per heavy atom. The molecule has 3 nitrogen and oxygen atoms in total. The van der Waals surface area contributed by atoms with Gasteiger partial charge in [0.15, 0.2) is 0 Å². The van der Waals surface area contributed by atoms with Crippen molar-refractivity contribution in [1.82, 2.24) is 10.2 Å². The highest BCUT2D eigenvalue weighted by Gasteiger charge is 2.23. The smallest absolute Gasteiger partial charge is 0.219 e. The highest BCUT2D eigenvalue weighted by Crippen LogP contribution is 2.34. The van der Waals surface area contributed by atoms with E-state index in [-0.39, 0.29) is 0 Å². The fourth-order valence-electron chi connectivity index (χ4n) is 1.98. The fourth-order valence-corrected chi connectivity index (χ4v) is 1.98. The molecule has 0 aromatic carbocycles. The first-order valence-electron chi connectivity index (χ1n) is 5.05. The summed E-state index contributed by atoms with van der Waals surface area (Å²) in [6.07, 6.45) is 5.02. The number of hydrogen-bond acceptors (Lipinski definition) is 3. The maximum Gasteiger partial charge on any atom is 0.219 e. The summed E-state index contributed by atoms with van der Waals surface area (Å²) in [6, 6.07) is 0. The minimum Gasteiger partial charge on any atom is -0.425 e. The molecule has 1 aromatic rings. The molecule has 1 saturated carbocycles. The number of aryl methyl sites for hydroxylation is 1. The van der Waals surface area contributed by atoms with E-state index in [1.807, 2.05) is 6.92 Å². The van der Waals surface area contributed by atoms with Gasteiger partial charge in [-0.1, -0.05) is 6.92 Å². The number of rotatable bonds is 1. The van der Waals surface area contributed by atoms with Gasteiger partial charge in [-0.2, -0.15) is 0 Å². The number of nitrogens with zero attached hydrogens (tertiary/aromatic N) is 2. The first-order valence-corrected chi connectivity index (χ1v) is 5.05. The van der Waals surface area contributed by atoms with Crippen molar-refractivity contribution >= 4 is 0 Å². The summed E-state index contributed by atoms with van der Waals surface area (Å²) in [6.45, 7) is 4.16. The van der Waals surface area contributed by atoms with Crippen LogP contribution in [0.15, 0.2) is 4.42 Å². The molecule has 1 heterocycles. The molecule has 0 N–H and O–H groups in total. The third-order valence-electron chi connectivity index (χ3n) is 2.91. The highest BCUT2D eigenvalue weighted by molar-refractivity contribution is 4.93. The van der Waals surface area contributed by atoms with Crippen molar-refractivity contribution in [1.29, 1.82) is 0 Å². The summed E-state index contributed by atoms with van der Waals surface area (Å²) < 4.78 is 5.44. The van der Waals surface area contributed by atoms with Gasteiger partial charge in [0.25, 0.3) is 0 Å². The van der Waals surface area contributed by atoms with Gasteiger partial charge in [0.2, 0.25) is 11.8 Å². The van der Waals surface area contributed by atoms with Gasteiger partial charge in [-0.25, -0.2) is 0 Å². The normalized spacial score (nSPS) is 29.1. The summed E-state index contributed by atoms with van der Waals surface area (Å²) in [5.41, 5.74) is 0. The predicted octanol–water partition coefficient (Wildman–Crippen LogP) is 2.67. The van der Waals surface area contributed by atoms with E-state index in [0.29, 0.717) is 11.8 Å². The maximum atomic E-state index is 5.44. The Morgan fingerprint density at radius 1 is 1.15 bits per heavy atom. The molecule has 72 valence electrons. The standard InChI is InChI=1S/C10H16N2O/c1-7-3-5-9(6-4-7)10-12-11-8(2)13-10/h7,9H,3-6H2,1-2H3. The van der Waals surface area contributed by atoms with Crippen molar-refractivity contribution in [2.24, 2.45) is 5.92 Å². The molecule has 1 aliphatic rings. The van der Waals surface area contributed by atoms with E-state index >= 15 is 0 Å². The molecule has 13 heavy (non-hydrogen) atoms. The van der Waals surface area contributed by atoms with Gasteiger partial charge in [0.05, 0.1) is 0 Å². The summed E-state index contributed by atoms with van der Waals surface area (Å²) in [5, 5.41) is 7.94. The van der Waals surface area contributed by atoms with Crippen molar-refractivity contribution in [3.63, 3.8) is 0 Å². The fraction of sp³-hybridized carbons (Fsp3) is 0.800. The van der Waals surface area contributed by atoms with Gasteiger partial charge < -0.3 is 4.42 Å². The van der Waals surface area contributed by atoms with Crippen LogP contribution in [0.4, 0.5) is 0 Å². The van der Waals surface area contributed by atoms with Gasteiger partial charge in [0.1, 0.15) is 0 Å². The Hall–Kier alpha value is -0.860. The molecule has 0 spiro atoms. The molecule has 0 amide bonds. The molecule has 3 heteroatoms. The molecule has 0 saturated heterocycles. The minimum absolute atomic E-state index is 0.525. The average molecular weight is 180 g/mol. The van der Waals surface area contributed by atoms with E-state index in [0.717, 1.165) is 11.8 Å². The lowest BCUT2D eigenvalue weighted by Gasteiger charge is -2.23. The van der Waals surface area contributed by atoms with Crippen molar-refractivity contribution in [2.75, 3.05) is 0 Å². The summed E-state index contributed by atoms with van der Waals surface area (Å²) in [7, 11) is 0. The zero-order valence-electron chi connectivity index (χ0n) is 8.29. The second-order valence-electron chi connectivity index (χ2n) is 4.12. The van der Waals surface area contributed by atoms with Crippen LogP contribution in [0.2, 0.25) is 0 Å². The number of hydrogen-bond donors (Lipinski definition) is 0. The largest absolute Gasteiger partial charge is 0.425 e. The maximum absolute atomic E-state index is 5.44. The van der Waals surface area contributed by atoms with Gasteiger partial charge in [-0.3, -0.25) is 0 Å². The first-order chi connectivity index (χ1) is 6.25. The van der Waals surface area contributed by atoms with Crippen LogP contribution in [0, 0.1) is 12.8 Å². The van der Waals surface area contributed by atoms with Crippen LogP contribution in [-0.2, 0) is 0 Å². The zero-order chi connectivity index (χ0) is 9.26. The molecular weight excluding hydrogens is 164 g/mol. The van der Waals surface area contributed by atoms with E-state index in [4.69, 9.17) is 4.42 Å². The zero-order valence-corrected chi connectivity index (χ0v) is 8.29. The van der Waals surface area contributed by atoms with Crippen LogP contribution >= 0.6 is 0 Å². The monoisotopic (exact) mass is 180 g/mol. The van der Waals surface area contributed by atoms with E-state index in [9.17, 15) is 0 Å². The van der Waals surface area contributed by atoms with Gasteiger partial charge in [0, 0.05) is 12.8 Å². The summed E-state index contributed by atoms with van der Waals surface area (Å²) in [4.78, 5) is 0. The molecule has 0 atom stereocenters. The topological polar surface area (TPSA) is 38.9 Å². The van der Waals surface area contributed by atoms with Crippen LogP contribution in [0.1, 0.15) is 50.3 Å². The van der Waals surface area contributed by atoms with Crippen molar-refractivity contribution in [3.05, 3.63) is 11.8 Å². The van der Waals surface area contributed by atoms with Crippen LogP contribution < -0.4 is 0 Å². The lowest BCUT2D eigenvalue weighted by Crippen LogP contribution is -2.10. The molecule has 1 fully saturated rings. The van der Waals surface area contributed by atoms with Crippen LogP contribution in [0.25, 0.3) is 0 Å². The second kappa shape index (κ2) is 3.48. The van der Waals surface area contributed by atoms with E-state index in [2.05, 4.69) is 17.1 Å². The molecule has 1 aliphatic carbocycles. The predicted molar refractivity (Wildman–Crippen MR) is 49.4 cm³/mol. The van der Waals surface area contributed by atoms with E-state index in [1.54, 1.807) is 0 Å². The van der Waals surface area contributed by atoms with E-state index < -0.39 is 0 Å². The lowest BCUT2D eigenvalue weighted by atomic mass is 9.83. The van der Waals surface area contributed by atoms with Crippen molar-refractivity contribution in [3.8, 4) is 0 Å². The Kier molecular flexibility index (Phi) is 2.34. The highest BCUT2D eigenvalue weighted by atomic mass is 16.4. The quantitative estimate of drug-likeness (QED) is 0.667. The molecule has 2 rings (SSSR count). The molecule has 0 bridgehead atoms. The van der Waals surface area contributed by atoms with Gasteiger partial charge >= 0.3 is 0 Å². The van der Waals surface area contributed by atoms with Crippen LogP contribution in [0.3, 0.4) is 0 Å². The van der Waals surface area contributed by atoms with E-state index in [1.165, 1.54) is 25.7 Å². The van der Waals surface area contributed by atoms with Crippen LogP contribution in [-0.4, -0.2) is 10.2 Å². The second-order valence-corrected chi connectivity index (χ2v) is 4.12. The van der Waals surface area contributed by atoms with Gasteiger partial charge in [-0.15, -0.1) is 10.2 Å². The summed E-state index contributed by atoms with van der Waals surface area (Å²) >= 11 is 0. The Morgan fingerprint density at radius 3 is 2.38 bits per heavy atom. The molecule has 1 aromatic heterocycles. The Bertz CT molecular complexity index is 274. The number of aromatic nitrogens is 2. The molecule has 0 unspecified atom stereocenters. The molecule has 0 aliphatic heterocycles. The average Bonchev–Trinajstić information content (AvgIpc) is 2.53. The third kappa shape index (κ3) is 1.90. The Balaban J connectivity index is 2.02. The first kappa shape index (κ1) is 8.73. The Labute approximate surface area is 78.5 Å². The van der Waals surface area contributed by atoms with Gasteiger partial charge in [-0.05, 0) is 31.6 Å². The van der Waals surface area contributed by atoms with Crippen molar-refractivity contribution < 1.29 is 4.42 Å².